The third-order valence-corrected chi connectivity index (χ3v) is 4.14. The fourth-order valence-electron chi connectivity index (χ4n) is 3.06. The molecule has 0 amide bonds. The van der Waals surface area contributed by atoms with Crippen molar-refractivity contribution in [1.29, 1.82) is 0 Å². The van der Waals surface area contributed by atoms with Crippen LogP contribution in [0.2, 0.25) is 0 Å². The summed E-state index contributed by atoms with van der Waals surface area (Å²) in [7, 11) is 0. The first-order chi connectivity index (χ1) is 8.58. The monoisotopic (exact) mass is 249 g/mol. The summed E-state index contributed by atoms with van der Waals surface area (Å²) in [6.45, 7) is 7.01. The second-order valence-corrected chi connectivity index (χ2v) is 5.41. The van der Waals surface area contributed by atoms with Crippen LogP contribution in [0.3, 0.4) is 0 Å². The molecule has 1 aromatic carbocycles. The molecule has 0 radical (unpaired) electrons. The predicted octanol–water partition coefficient (Wildman–Crippen LogP) is 2.13. The molecule has 1 aromatic rings. The molecule has 2 atom stereocenters. The van der Waals surface area contributed by atoms with Gasteiger partial charge in [-0.05, 0) is 50.6 Å². The number of phenolic OH excluding ortho intramolecular Hbond substituents is 1. The van der Waals surface area contributed by atoms with E-state index in [2.05, 4.69) is 11.8 Å². The zero-order valence-corrected chi connectivity index (χ0v) is 11.3. The molecule has 3 nitrogen and oxygen atoms in total. The van der Waals surface area contributed by atoms with Gasteiger partial charge in [0.25, 0.3) is 0 Å². The maximum atomic E-state index is 10.2. The molecule has 18 heavy (non-hydrogen) atoms. The fraction of sp³-hybridized carbons (Fsp3) is 0.600. The molecule has 1 aliphatic rings. The lowest BCUT2D eigenvalue weighted by Crippen LogP contribution is -2.40. The standard InChI is InChI=1S/C15H23NO2/c1-3-8-16-9-7-15(11-16,12(2)17)13-5-4-6-14(18)10-13/h4-6,10,12,17-18H,3,7-9,11H2,1-2H3. The van der Waals surface area contributed by atoms with Crippen molar-refractivity contribution < 1.29 is 10.2 Å². The van der Waals surface area contributed by atoms with Crippen molar-refractivity contribution >= 4 is 0 Å². The third-order valence-electron chi connectivity index (χ3n) is 4.14. The molecule has 0 spiro atoms. The average molecular weight is 249 g/mol. The van der Waals surface area contributed by atoms with Gasteiger partial charge in [0.1, 0.15) is 5.75 Å². The SMILES string of the molecule is CCCN1CCC(c2cccc(O)c2)(C(C)O)C1. The van der Waals surface area contributed by atoms with E-state index >= 15 is 0 Å². The Kier molecular flexibility index (Phi) is 3.93. The topological polar surface area (TPSA) is 43.7 Å². The van der Waals surface area contributed by atoms with Crippen LogP contribution in [0.15, 0.2) is 24.3 Å². The number of benzene rings is 1. The summed E-state index contributed by atoms with van der Waals surface area (Å²) in [5.41, 5.74) is 0.824. The number of hydrogen-bond acceptors (Lipinski definition) is 3. The summed E-state index contributed by atoms with van der Waals surface area (Å²) in [6, 6.07) is 7.35. The van der Waals surface area contributed by atoms with Crippen LogP contribution in [0.5, 0.6) is 5.75 Å². The lowest BCUT2D eigenvalue weighted by molar-refractivity contribution is 0.0988. The second kappa shape index (κ2) is 5.29. The molecular formula is C15H23NO2. The van der Waals surface area contributed by atoms with Crippen molar-refractivity contribution in [1.82, 2.24) is 4.90 Å². The summed E-state index contributed by atoms with van der Waals surface area (Å²) >= 11 is 0. The molecule has 0 saturated carbocycles. The van der Waals surface area contributed by atoms with Gasteiger partial charge >= 0.3 is 0 Å². The van der Waals surface area contributed by atoms with Gasteiger partial charge in [0.2, 0.25) is 0 Å². The van der Waals surface area contributed by atoms with E-state index in [1.807, 2.05) is 19.1 Å². The Morgan fingerprint density at radius 1 is 1.44 bits per heavy atom. The van der Waals surface area contributed by atoms with Crippen molar-refractivity contribution in [3.05, 3.63) is 29.8 Å². The number of aliphatic hydroxyl groups excluding tert-OH is 1. The molecule has 0 aliphatic carbocycles. The third kappa shape index (κ3) is 2.38. The molecule has 1 saturated heterocycles. The van der Waals surface area contributed by atoms with Gasteiger partial charge in [0.05, 0.1) is 6.10 Å². The van der Waals surface area contributed by atoms with Crippen molar-refractivity contribution in [3.8, 4) is 5.75 Å². The molecule has 1 aliphatic heterocycles. The highest BCUT2D eigenvalue weighted by Gasteiger charge is 2.43. The van der Waals surface area contributed by atoms with Gasteiger partial charge in [-0.3, -0.25) is 0 Å². The van der Waals surface area contributed by atoms with Gasteiger partial charge in [-0.1, -0.05) is 19.1 Å². The largest absolute Gasteiger partial charge is 0.508 e. The number of likely N-dealkylation sites (tertiary alicyclic amines) is 1. The Bertz CT molecular complexity index is 405. The summed E-state index contributed by atoms with van der Waals surface area (Å²) in [4.78, 5) is 2.40. The highest BCUT2D eigenvalue weighted by molar-refractivity contribution is 5.35. The maximum absolute atomic E-state index is 10.2. The highest BCUT2D eigenvalue weighted by atomic mass is 16.3. The van der Waals surface area contributed by atoms with E-state index in [9.17, 15) is 10.2 Å². The number of rotatable bonds is 4. The van der Waals surface area contributed by atoms with E-state index in [0.717, 1.165) is 38.0 Å². The molecule has 2 rings (SSSR count). The van der Waals surface area contributed by atoms with Gasteiger partial charge < -0.3 is 15.1 Å². The lowest BCUT2D eigenvalue weighted by Gasteiger charge is -2.33. The van der Waals surface area contributed by atoms with E-state index < -0.39 is 6.10 Å². The number of aromatic hydroxyl groups is 1. The maximum Gasteiger partial charge on any atom is 0.115 e. The Labute approximate surface area is 109 Å². The smallest absolute Gasteiger partial charge is 0.115 e. The van der Waals surface area contributed by atoms with E-state index in [1.165, 1.54) is 0 Å². The average Bonchev–Trinajstić information content (AvgIpc) is 2.75. The molecule has 1 heterocycles. The van der Waals surface area contributed by atoms with E-state index in [4.69, 9.17) is 0 Å². The van der Waals surface area contributed by atoms with Crippen LogP contribution >= 0.6 is 0 Å². The minimum absolute atomic E-state index is 0.228. The zero-order valence-electron chi connectivity index (χ0n) is 11.3. The molecular weight excluding hydrogens is 226 g/mol. The van der Waals surface area contributed by atoms with Crippen molar-refractivity contribution in [3.63, 3.8) is 0 Å². The molecule has 3 heteroatoms. The molecule has 2 unspecified atom stereocenters. The molecule has 0 bridgehead atoms. The van der Waals surface area contributed by atoms with Crippen molar-refractivity contribution in [2.24, 2.45) is 0 Å². The predicted molar refractivity (Wildman–Crippen MR) is 72.8 cm³/mol. The van der Waals surface area contributed by atoms with Crippen LogP contribution < -0.4 is 0 Å². The van der Waals surface area contributed by atoms with Crippen LogP contribution in [-0.4, -0.2) is 40.9 Å². The van der Waals surface area contributed by atoms with Gasteiger partial charge in [0.15, 0.2) is 0 Å². The van der Waals surface area contributed by atoms with E-state index in [-0.39, 0.29) is 11.2 Å². The van der Waals surface area contributed by atoms with Crippen LogP contribution in [0, 0.1) is 0 Å². The number of aliphatic hydroxyl groups is 1. The fourth-order valence-corrected chi connectivity index (χ4v) is 3.06. The highest BCUT2D eigenvalue weighted by Crippen LogP contribution is 2.38. The molecule has 1 fully saturated rings. The summed E-state index contributed by atoms with van der Waals surface area (Å²) in [5.74, 6) is 0.279. The lowest BCUT2D eigenvalue weighted by atomic mass is 9.75. The first-order valence-corrected chi connectivity index (χ1v) is 6.78. The van der Waals surface area contributed by atoms with Crippen LogP contribution in [0.25, 0.3) is 0 Å². The molecule has 0 aromatic heterocycles. The van der Waals surface area contributed by atoms with Crippen molar-refractivity contribution in [2.75, 3.05) is 19.6 Å². The Hall–Kier alpha value is -1.06. The van der Waals surface area contributed by atoms with Gasteiger partial charge in [-0.2, -0.15) is 0 Å². The minimum Gasteiger partial charge on any atom is -0.508 e. The normalized spacial score (nSPS) is 26.4. The summed E-state index contributed by atoms with van der Waals surface area (Å²) in [6.07, 6.45) is 1.69. The summed E-state index contributed by atoms with van der Waals surface area (Å²) < 4.78 is 0. The van der Waals surface area contributed by atoms with Crippen LogP contribution in [0.4, 0.5) is 0 Å². The Morgan fingerprint density at radius 3 is 2.83 bits per heavy atom. The first-order valence-electron chi connectivity index (χ1n) is 6.78. The Balaban J connectivity index is 2.29. The van der Waals surface area contributed by atoms with Crippen LogP contribution in [0.1, 0.15) is 32.3 Å². The summed E-state index contributed by atoms with van der Waals surface area (Å²) in [5, 5.41) is 19.9. The van der Waals surface area contributed by atoms with Crippen molar-refractivity contribution in [2.45, 2.75) is 38.2 Å². The van der Waals surface area contributed by atoms with Gasteiger partial charge in [-0.25, -0.2) is 0 Å². The molecule has 100 valence electrons. The number of hydrogen-bond donors (Lipinski definition) is 2. The number of phenols is 1. The Morgan fingerprint density at radius 2 is 2.22 bits per heavy atom. The quantitative estimate of drug-likeness (QED) is 0.859. The van der Waals surface area contributed by atoms with E-state index in [1.54, 1.807) is 12.1 Å². The second-order valence-electron chi connectivity index (χ2n) is 5.41. The first kappa shape index (κ1) is 13.4. The number of nitrogens with zero attached hydrogens (tertiary/aromatic N) is 1. The minimum atomic E-state index is -0.402. The van der Waals surface area contributed by atoms with Gasteiger partial charge in [-0.15, -0.1) is 0 Å². The van der Waals surface area contributed by atoms with E-state index in [0.29, 0.717) is 0 Å². The molecule has 2 N–H and O–H groups in total. The van der Waals surface area contributed by atoms with Crippen LogP contribution in [-0.2, 0) is 5.41 Å². The zero-order chi connectivity index (χ0) is 13.2. The van der Waals surface area contributed by atoms with Gasteiger partial charge in [0, 0.05) is 12.0 Å².